The smallest absolute Gasteiger partial charge is 0.175 e. The number of thiazole rings is 1. The predicted molar refractivity (Wildman–Crippen MR) is 141 cm³/mol. The number of benzene rings is 1. The fraction of sp³-hybridized carbons (Fsp3) is 0.440. The fourth-order valence-corrected chi connectivity index (χ4v) is 6.32. The zero-order chi connectivity index (χ0) is 23.9. The Hall–Kier alpha value is -2.49. The van der Waals surface area contributed by atoms with Crippen molar-refractivity contribution in [2.24, 2.45) is 0 Å². The summed E-state index contributed by atoms with van der Waals surface area (Å²) < 4.78 is 2.19. The highest BCUT2D eigenvalue weighted by atomic mass is 32.2. The van der Waals surface area contributed by atoms with Crippen molar-refractivity contribution in [3.05, 3.63) is 40.7 Å². The third kappa shape index (κ3) is 4.82. The molecule has 3 N–H and O–H groups in total. The summed E-state index contributed by atoms with van der Waals surface area (Å²) in [5.41, 5.74) is 12.9. The highest BCUT2D eigenvalue weighted by molar-refractivity contribution is 7.99. The van der Waals surface area contributed by atoms with Crippen LogP contribution in [0.4, 0.5) is 5.82 Å². The van der Waals surface area contributed by atoms with Gasteiger partial charge in [-0.25, -0.2) is 19.9 Å². The van der Waals surface area contributed by atoms with Gasteiger partial charge in [-0.3, -0.25) is 0 Å². The molecule has 0 bridgehead atoms. The molecule has 0 spiro atoms. The van der Waals surface area contributed by atoms with E-state index in [1.54, 1.807) is 23.1 Å². The topological polar surface area (TPSA) is 94.5 Å². The first-order chi connectivity index (χ1) is 16.3. The Morgan fingerprint density at radius 1 is 1.15 bits per heavy atom. The van der Waals surface area contributed by atoms with Crippen LogP contribution in [0.25, 0.3) is 21.7 Å². The van der Waals surface area contributed by atoms with Crippen LogP contribution in [0.5, 0.6) is 0 Å². The highest BCUT2D eigenvalue weighted by Crippen LogP contribution is 2.41. The SMILES string of the molecule is Cc1csc(-c2cc3c(cc2Sc2nc4c(N)ncnc4n2CCCNC(C)(C)C)CCC3)n1. The number of nitrogens with zero attached hydrogens (tertiary/aromatic N) is 5. The minimum absolute atomic E-state index is 0.0896. The van der Waals surface area contributed by atoms with Crippen LogP contribution in [0.3, 0.4) is 0 Å². The summed E-state index contributed by atoms with van der Waals surface area (Å²) >= 11 is 3.39. The number of aryl methyl sites for hydroxylation is 4. The summed E-state index contributed by atoms with van der Waals surface area (Å²) in [6.07, 6.45) is 5.97. The molecule has 0 unspecified atom stereocenters. The molecule has 0 radical (unpaired) electrons. The Balaban J connectivity index is 1.53. The van der Waals surface area contributed by atoms with Gasteiger partial charge in [-0.2, -0.15) is 0 Å². The first kappa shape index (κ1) is 23.3. The number of nitrogens with two attached hydrogens (primary N) is 1. The number of hydrogen-bond acceptors (Lipinski definition) is 8. The number of aromatic nitrogens is 5. The number of hydrogen-bond donors (Lipinski definition) is 2. The Bertz CT molecular complexity index is 1330. The maximum Gasteiger partial charge on any atom is 0.175 e. The molecule has 1 aliphatic carbocycles. The second-order valence-electron chi connectivity index (χ2n) is 9.87. The molecule has 3 aromatic heterocycles. The summed E-state index contributed by atoms with van der Waals surface area (Å²) in [5.74, 6) is 0.420. The average molecular weight is 494 g/mol. The zero-order valence-electron chi connectivity index (χ0n) is 20.2. The fourth-order valence-electron chi connectivity index (χ4n) is 4.34. The Morgan fingerprint density at radius 3 is 2.68 bits per heavy atom. The van der Waals surface area contributed by atoms with Gasteiger partial charge in [0.15, 0.2) is 22.1 Å². The predicted octanol–water partition coefficient (Wildman–Crippen LogP) is 5.26. The van der Waals surface area contributed by atoms with E-state index in [0.29, 0.717) is 11.3 Å². The van der Waals surface area contributed by atoms with Crippen LogP contribution in [0.1, 0.15) is 50.4 Å². The summed E-state index contributed by atoms with van der Waals surface area (Å²) in [6, 6.07) is 4.69. The lowest BCUT2D eigenvalue weighted by Gasteiger charge is -2.20. The van der Waals surface area contributed by atoms with E-state index in [-0.39, 0.29) is 5.54 Å². The standard InChI is InChI=1S/C25H31N7S2/c1-15-13-33-23(30-15)18-11-16-7-5-8-17(16)12-19(18)34-24-31-20-21(26)27-14-28-22(20)32(24)10-6-9-29-25(2,3)4/h11-14,29H,5-10H2,1-4H3,(H2,26,27,28). The molecule has 0 atom stereocenters. The lowest BCUT2D eigenvalue weighted by molar-refractivity contribution is 0.412. The van der Waals surface area contributed by atoms with Gasteiger partial charge in [-0.1, -0.05) is 11.8 Å². The largest absolute Gasteiger partial charge is 0.382 e. The monoisotopic (exact) mass is 493 g/mol. The average Bonchev–Trinajstić information content (AvgIpc) is 3.49. The van der Waals surface area contributed by atoms with Crippen molar-refractivity contribution in [1.82, 2.24) is 29.8 Å². The number of imidazole rings is 1. The molecule has 7 nitrogen and oxygen atoms in total. The van der Waals surface area contributed by atoms with E-state index >= 15 is 0 Å². The van der Waals surface area contributed by atoms with Gasteiger partial charge in [0.1, 0.15) is 11.3 Å². The second-order valence-corrected chi connectivity index (χ2v) is 11.7. The molecule has 0 saturated carbocycles. The number of fused-ring (bicyclic) bond motifs is 2. The van der Waals surface area contributed by atoms with Crippen LogP contribution in [0, 0.1) is 6.92 Å². The van der Waals surface area contributed by atoms with Crippen molar-refractivity contribution < 1.29 is 0 Å². The van der Waals surface area contributed by atoms with E-state index in [1.807, 2.05) is 6.92 Å². The number of anilines is 1. The van der Waals surface area contributed by atoms with E-state index in [1.165, 1.54) is 34.3 Å². The third-order valence-corrected chi connectivity index (χ3v) is 8.03. The lowest BCUT2D eigenvalue weighted by Crippen LogP contribution is -2.36. The van der Waals surface area contributed by atoms with Gasteiger partial charge in [-0.05, 0) is 83.2 Å². The number of rotatable bonds is 7. The zero-order valence-corrected chi connectivity index (χ0v) is 21.8. The van der Waals surface area contributed by atoms with Crippen molar-refractivity contribution in [3.63, 3.8) is 0 Å². The Labute approximate surface area is 208 Å². The molecule has 3 heterocycles. The van der Waals surface area contributed by atoms with Crippen LogP contribution < -0.4 is 11.1 Å². The second kappa shape index (κ2) is 9.28. The molecule has 1 aromatic carbocycles. The van der Waals surface area contributed by atoms with Crippen LogP contribution in [-0.2, 0) is 19.4 Å². The molecule has 0 saturated heterocycles. The summed E-state index contributed by atoms with van der Waals surface area (Å²) in [4.78, 5) is 19.6. The van der Waals surface area contributed by atoms with Crippen LogP contribution in [0.15, 0.2) is 33.9 Å². The van der Waals surface area contributed by atoms with Gasteiger partial charge < -0.3 is 15.6 Å². The van der Waals surface area contributed by atoms with E-state index in [0.717, 1.165) is 53.9 Å². The molecule has 0 aliphatic heterocycles. The maximum atomic E-state index is 6.18. The highest BCUT2D eigenvalue weighted by Gasteiger charge is 2.22. The summed E-state index contributed by atoms with van der Waals surface area (Å²) in [6.45, 7) is 10.3. The lowest BCUT2D eigenvalue weighted by atomic mass is 10.1. The van der Waals surface area contributed by atoms with E-state index in [4.69, 9.17) is 15.7 Å². The van der Waals surface area contributed by atoms with Crippen LogP contribution in [0.2, 0.25) is 0 Å². The molecule has 0 fully saturated rings. The van der Waals surface area contributed by atoms with Crippen LogP contribution >= 0.6 is 23.1 Å². The van der Waals surface area contributed by atoms with E-state index in [2.05, 4.69) is 58.1 Å². The van der Waals surface area contributed by atoms with E-state index in [9.17, 15) is 0 Å². The third-order valence-electron chi connectivity index (χ3n) is 5.98. The molecule has 34 heavy (non-hydrogen) atoms. The van der Waals surface area contributed by atoms with Crippen molar-refractivity contribution >= 4 is 40.1 Å². The minimum Gasteiger partial charge on any atom is -0.382 e. The van der Waals surface area contributed by atoms with Gasteiger partial charge >= 0.3 is 0 Å². The molecule has 178 valence electrons. The van der Waals surface area contributed by atoms with Crippen molar-refractivity contribution in [2.75, 3.05) is 12.3 Å². The molecule has 9 heteroatoms. The minimum atomic E-state index is 0.0896. The number of nitrogens with one attached hydrogen (secondary N) is 1. The number of nitrogen functional groups attached to an aromatic ring is 1. The molecule has 5 rings (SSSR count). The Kier molecular flexibility index (Phi) is 6.35. The van der Waals surface area contributed by atoms with Gasteiger partial charge in [0, 0.05) is 33.6 Å². The maximum absolute atomic E-state index is 6.18. The van der Waals surface area contributed by atoms with Gasteiger partial charge in [0.2, 0.25) is 0 Å². The van der Waals surface area contributed by atoms with Gasteiger partial charge in [-0.15, -0.1) is 11.3 Å². The Morgan fingerprint density at radius 2 is 1.94 bits per heavy atom. The van der Waals surface area contributed by atoms with Gasteiger partial charge in [0.05, 0.1) is 0 Å². The molecule has 0 amide bonds. The van der Waals surface area contributed by atoms with Crippen molar-refractivity contribution in [2.45, 2.75) is 75.5 Å². The first-order valence-electron chi connectivity index (χ1n) is 11.8. The molecule has 1 aliphatic rings. The quantitative estimate of drug-likeness (QED) is 0.339. The summed E-state index contributed by atoms with van der Waals surface area (Å²) in [7, 11) is 0. The van der Waals surface area contributed by atoms with Crippen molar-refractivity contribution in [3.8, 4) is 10.6 Å². The van der Waals surface area contributed by atoms with Crippen molar-refractivity contribution in [1.29, 1.82) is 0 Å². The van der Waals surface area contributed by atoms with E-state index < -0.39 is 0 Å². The summed E-state index contributed by atoms with van der Waals surface area (Å²) in [5, 5.41) is 7.64. The van der Waals surface area contributed by atoms with Crippen LogP contribution in [-0.4, -0.2) is 36.6 Å². The first-order valence-corrected chi connectivity index (χ1v) is 13.5. The molecule has 4 aromatic rings. The molecular weight excluding hydrogens is 462 g/mol. The molecular formula is C25H31N7S2. The normalized spacial score (nSPS) is 13.6. The van der Waals surface area contributed by atoms with Gasteiger partial charge in [0.25, 0.3) is 0 Å².